The van der Waals surface area contributed by atoms with E-state index in [1.165, 1.54) is 83.5 Å². The summed E-state index contributed by atoms with van der Waals surface area (Å²) in [4.78, 5) is 12.1. The summed E-state index contributed by atoms with van der Waals surface area (Å²) < 4.78 is 34.6. The Morgan fingerprint density at radius 2 is 1.14 bits per heavy atom. The van der Waals surface area contributed by atoms with E-state index in [1.807, 2.05) is 41.9 Å². The highest BCUT2D eigenvalue weighted by atomic mass is 31.2. The van der Waals surface area contributed by atoms with Gasteiger partial charge in [0.05, 0.1) is 40.0 Å². The van der Waals surface area contributed by atoms with E-state index < -0.39 is 19.5 Å². The number of ether oxygens (including phenoxy) is 2. The number of hydrogen-bond donors (Lipinski definition) is 0. The van der Waals surface area contributed by atoms with Crippen LogP contribution in [0.25, 0.3) is 0 Å². The van der Waals surface area contributed by atoms with Crippen LogP contribution in [0.5, 0.6) is 0 Å². The molecule has 1 unspecified atom stereocenters. The van der Waals surface area contributed by atoms with E-state index in [2.05, 4.69) is 31.2 Å². The molecule has 0 aliphatic heterocycles. The minimum absolute atomic E-state index is 0.0821. The van der Waals surface area contributed by atoms with Crippen LogP contribution in [0.3, 0.4) is 0 Å². The summed E-state index contributed by atoms with van der Waals surface area (Å²) in [7, 11) is 1.54. The second kappa shape index (κ2) is 26.7. The minimum Gasteiger partial charge on any atom is -0.756 e. The lowest BCUT2D eigenvalue weighted by atomic mass is 10.1. The van der Waals surface area contributed by atoms with Crippen molar-refractivity contribution in [2.75, 3.05) is 54.1 Å². The van der Waals surface area contributed by atoms with Gasteiger partial charge in [0, 0.05) is 6.61 Å². The first-order chi connectivity index (χ1) is 20.3. The average Bonchev–Trinajstić information content (AvgIpc) is 2.90. The summed E-state index contributed by atoms with van der Waals surface area (Å²) in [5, 5.41) is 0. The number of allylic oxidation sites excluding steroid dienone is 4. The van der Waals surface area contributed by atoms with Gasteiger partial charge in [0.1, 0.15) is 19.3 Å². The van der Waals surface area contributed by atoms with Crippen LogP contribution in [-0.4, -0.2) is 70.3 Å². The van der Waals surface area contributed by atoms with Crippen LogP contribution in [0.15, 0.2) is 24.3 Å². The van der Waals surface area contributed by atoms with Gasteiger partial charge in [-0.2, -0.15) is 0 Å². The smallest absolute Gasteiger partial charge is 0.268 e. The number of rotatable bonds is 30. The maximum absolute atomic E-state index is 12.1. The molecule has 0 spiro atoms. The average molecular weight is 632 g/mol. The van der Waals surface area contributed by atoms with Crippen molar-refractivity contribution in [3.05, 3.63) is 24.3 Å². The molecule has 0 aromatic heterocycles. The lowest BCUT2D eigenvalue weighted by molar-refractivity contribution is -0.870. The molecule has 0 saturated heterocycles. The lowest BCUT2D eigenvalue weighted by Crippen LogP contribution is -2.38. The van der Waals surface area contributed by atoms with Crippen LogP contribution in [-0.2, 0) is 23.1 Å². The summed E-state index contributed by atoms with van der Waals surface area (Å²) in [5.41, 5.74) is -0.438. The normalized spacial score (nSPS) is 15.1. The Bertz CT molecular complexity index is 729. The van der Waals surface area contributed by atoms with Crippen LogP contribution >= 0.6 is 7.82 Å². The molecule has 0 fully saturated rings. The number of unbranched alkanes of at least 4 members (excludes halogenated alkanes) is 14. The molecule has 0 aliphatic carbocycles. The van der Waals surface area contributed by atoms with Crippen molar-refractivity contribution < 1.29 is 32.5 Å². The van der Waals surface area contributed by atoms with Gasteiger partial charge in [0.2, 0.25) is 0 Å². The number of phosphoric acid groups is 1. The lowest BCUT2D eigenvalue weighted by Gasteiger charge is -2.31. The molecule has 0 aliphatic rings. The summed E-state index contributed by atoms with van der Waals surface area (Å²) in [6.45, 7) is 9.48. The Kier molecular flexibility index (Phi) is 26.3. The molecule has 2 atom stereocenters. The van der Waals surface area contributed by atoms with Gasteiger partial charge in [-0.15, -0.1) is 0 Å². The topological polar surface area (TPSA) is 77.1 Å². The molecule has 8 heteroatoms. The highest BCUT2D eigenvalue weighted by Gasteiger charge is 2.22. The van der Waals surface area contributed by atoms with E-state index in [9.17, 15) is 9.46 Å². The van der Waals surface area contributed by atoms with Gasteiger partial charge in [-0.05, 0) is 72.1 Å². The molecule has 0 radical (unpaired) electrons. The molecule has 7 nitrogen and oxygen atoms in total. The van der Waals surface area contributed by atoms with E-state index in [1.54, 1.807) is 0 Å². The number of phosphoric ester groups is 1. The fraction of sp³-hybridized carbons (Fsp3) is 0.886. The Morgan fingerprint density at radius 1 is 0.674 bits per heavy atom. The highest BCUT2D eigenvalue weighted by molar-refractivity contribution is 7.45. The van der Waals surface area contributed by atoms with Crippen LogP contribution in [0.4, 0.5) is 0 Å². The number of nitrogens with zero attached hydrogens (tertiary/aromatic N) is 1. The Morgan fingerprint density at radius 3 is 1.60 bits per heavy atom. The molecule has 43 heavy (non-hydrogen) atoms. The molecule has 0 heterocycles. The zero-order chi connectivity index (χ0) is 32.3. The third kappa shape index (κ3) is 34.2. The summed E-state index contributed by atoms with van der Waals surface area (Å²) in [6.07, 6.45) is 30.5. The van der Waals surface area contributed by atoms with E-state index in [0.29, 0.717) is 17.6 Å². The van der Waals surface area contributed by atoms with E-state index in [4.69, 9.17) is 18.5 Å². The molecular formula is C35H70NO6P. The monoisotopic (exact) mass is 631 g/mol. The van der Waals surface area contributed by atoms with Gasteiger partial charge in [-0.3, -0.25) is 4.57 Å². The van der Waals surface area contributed by atoms with Gasteiger partial charge < -0.3 is 27.9 Å². The third-order valence-electron chi connectivity index (χ3n) is 6.96. The van der Waals surface area contributed by atoms with Gasteiger partial charge in [0.25, 0.3) is 7.82 Å². The summed E-state index contributed by atoms with van der Waals surface area (Å²) in [5.74, 6) is 0. The van der Waals surface area contributed by atoms with Crippen LogP contribution in [0.2, 0.25) is 0 Å². The van der Waals surface area contributed by atoms with Crippen molar-refractivity contribution in [2.24, 2.45) is 0 Å². The van der Waals surface area contributed by atoms with Crippen molar-refractivity contribution in [1.82, 2.24) is 0 Å². The molecule has 0 aromatic carbocycles. The molecule has 0 rings (SSSR count). The fourth-order valence-corrected chi connectivity index (χ4v) is 5.22. The standard InChI is InChI=1S/C35H70NO6P/c1-8-9-10-11-12-13-14-15-16-17-18-19-20-21-22-23-24-25-26-27-28-30-39-32-34(42-35(2,3)4)33-41-43(37,38)40-31-29-36(5,6)7/h11-12,23-24,34H,8-10,13-22,25-33H2,1-7H3/b12-11-,24-23-/t34-/m1/s1. The van der Waals surface area contributed by atoms with Gasteiger partial charge >= 0.3 is 0 Å². The van der Waals surface area contributed by atoms with E-state index in [-0.39, 0.29) is 19.8 Å². The fourth-order valence-electron chi connectivity index (χ4n) is 4.49. The third-order valence-corrected chi connectivity index (χ3v) is 7.93. The van der Waals surface area contributed by atoms with Gasteiger partial charge in [0.15, 0.2) is 0 Å². The van der Waals surface area contributed by atoms with E-state index in [0.717, 1.165) is 25.7 Å². The van der Waals surface area contributed by atoms with Crippen molar-refractivity contribution in [1.29, 1.82) is 0 Å². The highest BCUT2D eigenvalue weighted by Crippen LogP contribution is 2.38. The SMILES string of the molecule is CCCC/C=C\CCCCCCCCCC/C=C\CCCCCOC[C@H](COP(=O)([O-])OCC[N+](C)(C)C)OC(C)(C)C. The largest absolute Gasteiger partial charge is 0.756 e. The van der Waals surface area contributed by atoms with Gasteiger partial charge in [-0.1, -0.05) is 89.0 Å². The van der Waals surface area contributed by atoms with E-state index >= 15 is 0 Å². The first-order valence-electron chi connectivity index (χ1n) is 17.3. The number of likely N-dealkylation sites (N-methyl/N-ethyl adjacent to an activating group) is 1. The van der Waals surface area contributed by atoms with Crippen molar-refractivity contribution >= 4 is 7.82 Å². The maximum Gasteiger partial charge on any atom is 0.268 e. The van der Waals surface area contributed by atoms with Crippen molar-refractivity contribution in [3.63, 3.8) is 0 Å². The molecule has 0 N–H and O–H groups in total. The molecule has 0 aromatic rings. The summed E-state index contributed by atoms with van der Waals surface area (Å²) in [6, 6.07) is 0. The first kappa shape index (κ1) is 42.5. The van der Waals surface area contributed by atoms with Gasteiger partial charge in [-0.25, -0.2) is 0 Å². The second-order valence-electron chi connectivity index (χ2n) is 13.9. The quantitative estimate of drug-likeness (QED) is 0.0341. The second-order valence-corrected chi connectivity index (χ2v) is 15.3. The summed E-state index contributed by atoms with van der Waals surface area (Å²) >= 11 is 0. The van der Waals surface area contributed by atoms with Crippen LogP contribution < -0.4 is 4.89 Å². The Labute approximate surface area is 267 Å². The van der Waals surface area contributed by atoms with Crippen molar-refractivity contribution in [3.8, 4) is 0 Å². The first-order valence-corrected chi connectivity index (χ1v) is 18.8. The maximum atomic E-state index is 12.1. The molecule has 256 valence electrons. The molecule has 0 bridgehead atoms. The van der Waals surface area contributed by atoms with Crippen LogP contribution in [0.1, 0.15) is 137 Å². The number of quaternary nitrogens is 1. The zero-order valence-corrected chi connectivity index (χ0v) is 30.2. The van der Waals surface area contributed by atoms with Crippen LogP contribution in [0, 0.1) is 0 Å². The Hall–Kier alpha value is -0.530. The predicted molar refractivity (Wildman–Crippen MR) is 180 cm³/mol. The molecule has 0 saturated carbocycles. The zero-order valence-electron chi connectivity index (χ0n) is 29.3. The predicted octanol–water partition coefficient (Wildman–Crippen LogP) is 9.16. The number of hydrogen-bond acceptors (Lipinski definition) is 6. The minimum atomic E-state index is -4.38. The molecular weight excluding hydrogens is 561 g/mol. The Balaban J connectivity index is 3.77. The van der Waals surface area contributed by atoms with Crippen molar-refractivity contribution in [2.45, 2.75) is 149 Å². The molecule has 0 amide bonds.